The van der Waals surface area contributed by atoms with E-state index in [2.05, 4.69) is 15.1 Å². The molecule has 2 aromatic heterocycles. The molecule has 0 saturated carbocycles. The molecule has 0 N–H and O–H groups in total. The van der Waals surface area contributed by atoms with Crippen molar-refractivity contribution in [1.29, 1.82) is 0 Å². The predicted octanol–water partition coefficient (Wildman–Crippen LogP) is 2.33. The molecular formula is C8H4ClF3N4. The van der Waals surface area contributed by atoms with E-state index in [1.54, 1.807) is 0 Å². The van der Waals surface area contributed by atoms with Crippen molar-refractivity contribution in [3.05, 3.63) is 35.4 Å². The summed E-state index contributed by atoms with van der Waals surface area (Å²) in [6, 6.07) is 0.845. The zero-order chi connectivity index (χ0) is 11.8. The summed E-state index contributed by atoms with van der Waals surface area (Å²) >= 11 is 5.53. The zero-order valence-electron chi connectivity index (χ0n) is 7.61. The minimum Gasteiger partial charge on any atom is -0.218 e. The van der Waals surface area contributed by atoms with E-state index >= 15 is 0 Å². The van der Waals surface area contributed by atoms with Crippen molar-refractivity contribution < 1.29 is 13.2 Å². The second-order valence-corrected chi connectivity index (χ2v) is 3.26. The second kappa shape index (κ2) is 3.75. The molecule has 0 aliphatic carbocycles. The van der Waals surface area contributed by atoms with Crippen molar-refractivity contribution in [1.82, 2.24) is 19.7 Å². The van der Waals surface area contributed by atoms with Gasteiger partial charge >= 0.3 is 6.18 Å². The van der Waals surface area contributed by atoms with Crippen molar-refractivity contribution in [3.8, 4) is 5.95 Å². The van der Waals surface area contributed by atoms with Gasteiger partial charge < -0.3 is 0 Å². The summed E-state index contributed by atoms with van der Waals surface area (Å²) in [6.07, 6.45) is -1.07. The third-order valence-corrected chi connectivity index (χ3v) is 1.92. The van der Waals surface area contributed by atoms with E-state index in [9.17, 15) is 13.2 Å². The first kappa shape index (κ1) is 10.9. The second-order valence-electron chi connectivity index (χ2n) is 2.83. The van der Waals surface area contributed by atoms with Crippen LogP contribution >= 0.6 is 11.6 Å². The van der Waals surface area contributed by atoms with Crippen molar-refractivity contribution in [2.24, 2.45) is 0 Å². The van der Waals surface area contributed by atoms with E-state index in [-0.39, 0.29) is 11.0 Å². The van der Waals surface area contributed by atoms with Crippen LogP contribution in [0.3, 0.4) is 0 Å². The molecule has 0 aromatic carbocycles. The topological polar surface area (TPSA) is 43.6 Å². The maximum absolute atomic E-state index is 12.5. The van der Waals surface area contributed by atoms with Gasteiger partial charge in [-0.3, -0.25) is 0 Å². The van der Waals surface area contributed by atoms with Crippen LogP contribution < -0.4 is 0 Å². The maximum atomic E-state index is 12.5. The average Bonchev–Trinajstić information content (AvgIpc) is 2.66. The van der Waals surface area contributed by atoms with Gasteiger partial charge in [-0.15, -0.1) is 0 Å². The van der Waals surface area contributed by atoms with Gasteiger partial charge in [0.05, 0.1) is 23.6 Å². The van der Waals surface area contributed by atoms with Crippen LogP contribution in [-0.4, -0.2) is 19.7 Å². The Kier molecular flexibility index (Phi) is 2.55. The summed E-state index contributed by atoms with van der Waals surface area (Å²) in [5.74, 6) is -0.179. The number of aromatic nitrogens is 4. The summed E-state index contributed by atoms with van der Waals surface area (Å²) in [5, 5.41) is 3.75. The van der Waals surface area contributed by atoms with Crippen LogP contribution in [0.5, 0.6) is 0 Å². The Morgan fingerprint density at radius 1 is 1.19 bits per heavy atom. The van der Waals surface area contributed by atoms with Crippen LogP contribution in [0.4, 0.5) is 13.2 Å². The minimum absolute atomic E-state index is 0.179. The molecule has 0 aliphatic rings. The van der Waals surface area contributed by atoms with Crippen LogP contribution in [0.15, 0.2) is 24.7 Å². The highest BCUT2D eigenvalue weighted by Gasteiger charge is 2.35. The molecule has 4 nitrogen and oxygen atoms in total. The number of halogens is 4. The molecule has 0 bridgehead atoms. The third kappa shape index (κ3) is 1.99. The lowest BCUT2D eigenvalue weighted by Gasteiger charge is -2.08. The van der Waals surface area contributed by atoms with E-state index < -0.39 is 11.9 Å². The van der Waals surface area contributed by atoms with E-state index in [0.717, 1.165) is 12.3 Å². The predicted molar refractivity (Wildman–Crippen MR) is 49.2 cm³/mol. The molecule has 0 radical (unpaired) electrons. The molecule has 2 aromatic rings. The van der Waals surface area contributed by atoms with Crippen molar-refractivity contribution in [2.75, 3.05) is 0 Å². The molecule has 0 unspecified atom stereocenters. The van der Waals surface area contributed by atoms with E-state index in [0.29, 0.717) is 4.68 Å². The fourth-order valence-electron chi connectivity index (χ4n) is 1.09. The molecule has 0 spiro atoms. The molecule has 8 heteroatoms. The molecule has 2 heterocycles. The van der Waals surface area contributed by atoms with Gasteiger partial charge in [-0.25, -0.2) is 9.97 Å². The Bertz CT molecular complexity index is 491. The van der Waals surface area contributed by atoms with Gasteiger partial charge in [0, 0.05) is 0 Å². The van der Waals surface area contributed by atoms with Crippen LogP contribution in [0, 0.1) is 0 Å². The Labute approximate surface area is 92.7 Å². The van der Waals surface area contributed by atoms with Gasteiger partial charge in [-0.2, -0.15) is 23.0 Å². The largest absolute Gasteiger partial charge is 0.433 e. The normalized spacial score (nSPS) is 11.8. The van der Waals surface area contributed by atoms with Crippen LogP contribution in [0.1, 0.15) is 5.69 Å². The van der Waals surface area contributed by atoms with E-state index in [4.69, 9.17) is 11.6 Å². The SMILES string of the molecule is FC(F)(F)c1ccnn1-c1ncc(Cl)cn1. The third-order valence-electron chi connectivity index (χ3n) is 1.73. The van der Waals surface area contributed by atoms with Crippen molar-refractivity contribution >= 4 is 11.6 Å². The van der Waals surface area contributed by atoms with Gasteiger partial charge in [0.1, 0.15) is 0 Å². The van der Waals surface area contributed by atoms with Crippen molar-refractivity contribution in [3.63, 3.8) is 0 Å². The lowest BCUT2D eigenvalue weighted by Crippen LogP contribution is -2.15. The summed E-state index contributed by atoms with van der Waals surface area (Å²) < 4.78 is 38.1. The Hall–Kier alpha value is -1.63. The van der Waals surface area contributed by atoms with Gasteiger partial charge in [-0.1, -0.05) is 11.6 Å². The fourth-order valence-corrected chi connectivity index (χ4v) is 1.19. The standard InChI is InChI=1S/C8H4ClF3N4/c9-5-3-13-7(14-4-5)16-6(1-2-15-16)8(10,11)12/h1-4H. The van der Waals surface area contributed by atoms with E-state index in [1.807, 2.05) is 0 Å². The molecule has 0 atom stereocenters. The first-order valence-corrected chi connectivity index (χ1v) is 4.45. The molecule has 16 heavy (non-hydrogen) atoms. The number of nitrogens with zero attached hydrogens (tertiary/aromatic N) is 4. The summed E-state index contributed by atoms with van der Waals surface area (Å²) in [5.41, 5.74) is -0.935. The first-order valence-electron chi connectivity index (χ1n) is 4.07. The molecule has 0 aliphatic heterocycles. The molecule has 84 valence electrons. The van der Waals surface area contributed by atoms with Gasteiger partial charge in [0.15, 0.2) is 5.69 Å². The highest BCUT2D eigenvalue weighted by molar-refractivity contribution is 6.30. The Morgan fingerprint density at radius 2 is 1.81 bits per heavy atom. The van der Waals surface area contributed by atoms with Gasteiger partial charge in [0.25, 0.3) is 5.95 Å². The van der Waals surface area contributed by atoms with Gasteiger partial charge in [-0.05, 0) is 6.07 Å². The Morgan fingerprint density at radius 3 is 2.38 bits per heavy atom. The summed E-state index contributed by atoms with van der Waals surface area (Å²) in [6.45, 7) is 0. The lowest BCUT2D eigenvalue weighted by molar-refractivity contribution is -0.142. The molecule has 0 saturated heterocycles. The fraction of sp³-hybridized carbons (Fsp3) is 0.125. The zero-order valence-corrected chi connectivity index (χ0v) is 8.37. The summed E-state index contributed by atoms with van der Waals surface area (Å²) in [4.78, 5) is 7.30. The molecule has 0 fully saturated rings. The highest BCUT2D eigenvalue weighted by Crippen LogP contribution is 2.29. The number of hydrogen-bond donors (Lipinski definition) is 0. The highest BCUT2D eigenvalue weighted by atomic mass is 35.5. The number of rotatable bonds is 1. The van der Waals surface area contributed by atoms with Crippen LogP contribution in [-0.2, 0) is 6.18 Å². The number of alkyl halides is 3. The smallest absolute Gasteiger partial charge is 0.218 e. The van der Waals surface area contributed by atoms with Crippen molar-refractivity contribution in [2.45, 2.75) is 6.18 Å². The van der Waals surface area contributed by atoms with Gasteiger partial charge in [0.2, 0.25) is 0 Å². The lowest BCUT2D eigenvalue weighted by atomic mass is 10.4. The summed E-state index contributed by atoms with van der Waals surface area (Å²) in [7, 11) is 0. The quantitative estimate of drug-likeness (QED) is 0.778. The molecular weight excluding hydrogens is 245 g/mol. The van der Waals surface area contributed by atoms with E-state index in [1.165, 1.54) is 12.4 Å². The average molecular weight is 249 g/mol. The minimum atomic E-state index is -4.50. The monoisotopic (exact) mass is 248 g/mol. The molecule has 2 rings (SSSR count). The van der Waals surface area contributed by atoms with Crippen LogP contribution in [0.2, 0.25) is 5.02 Å². The Balaban J connectivity index is 2.49. The number of hydrogen-bond acceptors (Lipinski definition) is 3. The molecule has 0 amide bonds. The maximum Gasteiger partial charge on any atom is 0.433 e. The van der Waals surface area contributed by atoms with Crippen LogP contribution in [0.25, 0.3) is 5.95 Å². The first-order chi connectivity index (χ1) is 7.48.